The maximum atomic E-state index is 12.9. The molecule has 2 aromatic rings. The van der Waals surface area contributed by atoms with Crippen LogP contribution in [-0.4, -0.2) is 47.6 Å². The minimum Gasteiger partial charge on any atom is -0.396 e. The second kappa shape index (κ2) is 8.82. The number of likely N-dealkylation sites (tertiary alicyclic amines) is 1. The number of hydrogen-bond acceptors (Lipinski definition) is 3. The molecule has 5 heteroatoms. The largest absolute Gasteiger partial charge is 0.396 e. The predicted octanol–water partition coefficient (Wildman–Crippen LogP) is 2.63. The molecular formula is C22H26N2O3. The molecule has 1 aliphatic heterocycles. The molecule has 142 valence electrons. The lowest BCUT2D eigenvalue weighted by Crippen LogP contribution is -2.49. The minimum atomic E-state index is -0.0547. The zero-order valence-corrected chi connectivity index (χ0v) is 15.6. The molecule has 5 nitrogen and oxygen atoms in total. The van der Waals surface area contributed by atoms with Crippen LogP contribution in [0.5, 0.6) is 0 Å². The normalized spacial score (nSPS) is 16.8. The highest BCUT2D eigenvalue weighted by Gasteiger charge is 2.25. The Morgan fingerprint density at radius 3 is 2.63 bits per heavy atom. The number of carbonyl (C=O) groups is 2. The van der Waals surface area contributed by atoms with Gasteiger partial charge in [-0.15, -0.1) is 0 Å². The molecule has 0 radical (unpaired) electrons. The first kappa shape index (κ1) is 19.1. The second-order valence-electron chi connectivity index (χ2n) is 7.04. The van der Waals surface area contributed by atoms with Crippen LogP contribution in [0.25, 0.3) is 11.1 Å². The van der Waals surface area contributed by atoms with Crippen LogP contribution in [0.1, 0.15) is 35.7 Å². The zero-order valence-electron chi connectivity index (χ0n) is 15.6. The molecule has 1 atom stereocenters. The molecule has 1 heterocycles. The number of amides is 2. The van der Waals surface area contributed by atoms with Crippen molar-refractivity contribution in [3.05, 3.63) is 59.7 Å². The lowest BCUT2D eigenvalue weighted by molar-refractivity contribution is -0.120. The van der Waals surface area contributed by atoms with Crippen molar-refractivity contribution in [2.24, 2.45) is 0 Å². The summed E-state index contributed by atoms with van der Waals surface area (Å²) in [5.74, 6) is -0.0512. The summed E-state index contributed by atoms with van der Waals surface area (Å²) >= 11 is 0. The molecule has 1 fully saturated rings. The molecule has 3 rings (SSSR count). The monoisotopic (exact) mass is 366 g/mol. The molecule has 2 N–H and O–H groups in total. The lowest BCUT2D eigenvalue weighted by Gasteiger charge is -2.33. The van der Waals surface area contributed by atoms with Crippen molar-refractivity contribution in [1.82, 2.24) is 10.2 Å². The number of aliphatic hydroxyl groups excluding tert-OH is 1. The van der Waals surface area contributed by atoms with Crippen molar-refractivity contribution in [3.8, 4) is 11.1 Å². The van der Waals surface area contributed by atoms with Crippen molar-refractivity contribution < 1.29 is 14.7 Å². The summed E-state index contributed by atoms with van der Waals surface area (Å²) in [5.41, 5.74) is 3.79. The fraction of sp³-hybridized carbons (Fsp3) is 0.364. The van der Waals surface area contributed by atoms with Gasteiger partial charge >= 0.3 is 0 Å². The van der Waals surface area contributed by atoms with Crippen molar-refractivity contribution in [2.75, 3.05) is 19.7 Å². The van der Waals surface area contributed by atoms with Gasteiger partial charge in [-0.25, -0.2) is 0 Å². The number of nitrogens with one attached hydrogen (secondary N) is 1. The third-order valence-electron chi connectivity index (χ3n) is 4.91. The predicted molar refractivity (Wildman–Crippen MR) is 105 cm³/mol. The Bertz CT molecular complexity index is 801. The SMILES string of the molecule is CC(=O)N[C@@H]1CCCN(C(=O)c2cccc(-c3ccc(CCO)cc3)c2)C1. The molecule has 0 bridgehead atoms. The fourth-order valence-corrected chi connectivity index (χ4v) is 3.57. The number of piperidine rings is 1. The van der Waals surface area contributed by atoms with Crippen LogP contribution in [0.15, 0.2) is 48.5 Å². The number of nitrogens with zero attached hydrogens (tertiary/aromatic N) is 1. The van der Waals surface area contributed by atoms with Crippen LogP contribution in [0.4, 0.5) is 0 Å². The summed E-state index contributed by atoms with van der Waals surface area (Å²) in [6.45, 7) is 2.92. The molecule has 0 aromatic heterocycles. The summed E-state index contributed by atoms with van der Waals surface area (Å²) in [7, 11) is 0. The minimum absolute atomic E-state index is 0.00352. The van der Waals surface area contributed by atoms with E-state index in [-0.39, 0.29) is 24.5 Å². The van der Waals surface area contributed by atoms with Gasteiger partial charge in [0.15, 0.2) is 0 Å². The van der Waals surface area contributed by atoms with Crippen molar-refractivity contribution in [3.63, 3.8) is 0 Å². The quantitative estimate of drug-likeness (QED) is 0.855. The van der Waals surface area contributed by atoms with Crippen LogP contribution >= 0.6 is 0 Å². The molecule has 2 aromatic carbocycles. The summed E-state index contributed by atoms with van der Waals surface area (Å²) in [5, 5.41) is 11.9. The second-order valence-corrected chi connectivity index (χ2v) is 7.04. The average Bonchev–Trinajstić information content (AvgIpc) is 2.68. The van der Waals surface area contributed by atoms with E-state index in [9.17, 15) is 9.59 Å². The Morgan fingerprint density at radius 1 is 1.15 bits per heavy atom. The number of benzene rings is 2. The van der Waals surface area contributed by atoms with E-state index in [4.69, 9.17) is 5.11 Å². The first-order valence-corrected chi connectivity index (χ1v) is 9.43. The Kier molecular flexibility index (Phi) is 6.24. The summed E-state index contributed by atoms with van der Waals surface area (Å²) in [6.07, 6.45) is 2.44. The van der Waals surface area contributed by atoms with Gasteiger partial charge in [0.25, 0.3) is 5.91 Å². The van der Waals surface area contributed by atoms with Gasteiger partial charge in [-0.2, -0.15) is 0 Å². The van der Waals surface area contributed by atoms with Gasteiger partial charge in [0.05, 0.1) is 0 Å². The third-order valence-corrected chi connectivity index (χ3v) is 4.91. The van der Waals surface area contributed by atoms with E-state index in [1.54, 1.807) is 0 Å². The van der Waals surface area contributed by atoms with Gasteiger partial charge in [0.1, 0.15) is 0 Å². The highest BCUT2D eigenvalue weighted by atomic mass is 16.3. The Labute approximate surface area is 160 Å². The Hall–Kier alpha value is -2.66. The number of rotatable bonds is 5. The first-order valence-electron chi connectivity index (χ1n) is 9.43. The van der Waals surface area contributed by atoms with Crippen LogP contribution < -0.4 is 5.32 Å². The van der Waals surface area contributed by atoms with E-state index in [1.807, 2.05) is 53.4 Å². The number of carbonyl (C=O) groups excluding carboxylic acids is 2. The van der Waals surface area contributed by atoms with Gasteiger partial charge in [0.2, 0.25) is 5.91 Å². The molecule has 0 saturated carbocycles. The molecule has 0 aliphatic carbocycles. The van der Waals surface area contributed by atoms with E-state index in [1.165, 1.54) is 6.92 Å². The Balaban J connectivity index is 1.74. The topological polar surface area (TPSA) is 69.6 Å². The maximum absolute atomic E-state index is 12.9. The van der Waals surface area contributed by atoms with E-state index < -0.39 is 0 Å². The van der Waals surface area contributed by atoms with Gasteiger partial charge in [-0.3, -0.25) is 9.59 Å². The smallest absolute Gasteiger partial charge is 0.253 e. The van der Waals surface area contributed by atoms with Crippen LogP contribution in [0.2, 0.25) is 0 Å². The van der Waals surface area contributed by atoms with E-state index in [0.717, 1.165) is 36.1 Å². The number of aliphatic hydroxyl groups is 1. The summed E-state index contributed by atoms with van der Waals surface area (Å²) in [4.78, 5) is 26.1. The third kappa shape index (κ3) is 4.95. The maximum Gasteiger partial charge on any atom is 0.253 e. The Morgan fingerprint density at radius 2 is 1.93 bits per heavy atom. The van der Waals surface area contributed by atoms with E-state index in [0.29, 0.717) is 18.5 Å². The van der Waals surface area contributed by atoms with Crippen molar-refractivity contribution >= 4 is 11.8 Å². The highest BCUT2D eigenvalue weighted by Crippen LogP contribution is 2.23. The van der Waals surface area contributed by atoms with Gasteiger partial charge in [-0.05, 0) is 48.1 Å². The molecular weight excluding hydrogens is 340 g/mol. The fourth-order valence-electron chi connectivity index (χ4n) is 3.57. The molecule has 2 amide bonds. The van der Waals surface area contributed by atoms with Crippen LogP contribution in [-0.2, 0) is 11.2 Å². The summed E-state index contributed by atoms with van der Waals surface area (Å²) < 4.78 is 0. The molecule has 0 spiro atoms. The molecule has 0 unspecified atom stereocenters. The van der Waals surface area contributed by atoms with Crippen LogP contribution in [0, 0.1) is 0 Å². The number of hydrogen-bond donors (Lipinski definition) is 2. The molecule has 1 aliphatic rings. The van der Waals surface area contributed by atoms with Gasteiger partial charge in [0, 0.05) is 38.2 Å². The lowest BCUT2D eigenvalue weighted by atomic mass is 9.99. The van der Waals surface area contributed by atoms with Crippen LogP contribution in [0.3, 0.4) is 0 Å². The molecule has 1 saturated heterocycles. The van der Waals surface area contributed by atoms with Crippen molar-refractivity contribution in [1.29, 1.82) is 0 Å². The van der Waals surface area contributed by atoms with Gasteiger partial charge < -0.3 is 15.3 Å². The molecule has 27 heavy (non-hydrogen) atoms. The van der Waals surface area contributed by atoms with Gasteiger partial charge in [-0.1, -0.05) is 36.4 Å². The average molecular weight is 366 g/mol. The zero-order chi connectivity index (χ0) is 19.2. The van der Waals surface area contributed by atoms with E-state index >= 15 is 0 Å². The summed E-state index contributed by atoms with van der Waals surface area (Å²) in [6, 6.07) is 15.7. The van der Waals surface area contributed by atoms with Crippen molar-refractivity contribution in [2.45, 2.75) is 32.2 Å². The van der Waals surface area contributed by atoms with E-state index in [2.05, 4.69) is 5.32 Å². The first-order chi connectivity index (χ1) is 13.1. The highest BCUT2D eigenvalue weighted by molar-refractivity contribution is 5.95. The standard InChI is InChI=1S/C22H26N2O3/c1-16(26)23-21-6-3-12-24(15-21)22(27)20-5-2-4-19(14-20)18-9-7-17(8-10-18)11-13-25/h2,4-5,7-10,14,21,25H,3,6,11-13,15H2,1H3,(H,23,26)/t21-/m1/s1.